The number of fused-ring (bicyclic) bond motifs is 1. The summed E-state index contributed by atoms with van der Waals surface area (Å²) >= 11 is 7.68. The molecule has 322 valence electrons. The zero-order chi connectivity index (χ0) is 43.3. The van der Waals surface area contributed by atoms with Crippen LogP contribution in [-0.2, 0) is 22.7 Å². The highest BCUT2D eigenvalue weighted by Gasteiger charge is 2.36. The van der Waals surface area contributed by atoms with E-state index in [1.54, 1.807) is 17.8 Å². The number of thioether (sulfide) groups is 1. The third-order valence-electron chi connectivity index (χ3n) is 11.2. The first-order valence-electron chi connectivity index (χ1n) is 20.4. The van der Waals surface area contributed by atoms with Crippen molar-refractivity contribution in [3.8, 4) is 11.1 Å². The van der Waals surface area contributed by atoms with Gasteiger partial charge >= 0.3 is 6.18 Å². The quantitative estimate of drug-likeness (QED) is 0.0976. The molecule has 1 atom stereocenters. The number of hydrogen-bond donors (Lipinski definition) is 2. The lowest BCUT2D eigenvalue weighted by Crippen LogP contribution is -2.46. The molecule has 6 aromatic rings. The molecule has 62 heavy (non-hydrogen) atoms. The summed E-state index contributed by atoms with van der Waals surface area (Å²) in [6.45, 7) is 8.01. The van der Waals surface area contributed by atoms with Crippen LogP contribution in [0.3, 0.4) is 0 Å². The first-order chi connectivity index (χ1) is 29.9. The van der Waals surface area contributed by atoms with Crippen molar-refractivity contribution in [2.75, 3.05) is 66.5 Å². The highest BCUT2D eigenvalue weighted by Crippen LogP contribution is 2.38. The highest BCUT2D eigenvalue weighted by atomic mass is 35.5. The third-order valence-corrected chi connectivity index (χ3v) is 14.0. The molecular formula is C46H46ClF3N8O2S2. The molecule has 0 spiro atoms. The second-order valence-electron chi connectivity index (χ2n) is 15.3. The van der Waals surface area contributed by atoms with Crippen LogP contribution in [0.2, 0.25) is 5.02 Å². The molecule has 2 aliphatic heterocycles. The number of nitrogens with one attached hydrogen (secondary N) is 2. The van der Waals surface area contributed by atoms with E-state index in [-0.39, 0.29) is 17.5 Å². The molecule has 2 aliphatic rings. The largest absolute Gasteiger partial charge is 0.418 e. The van der Waals surface area contributed by atoms with Gasteiger partial charge in [-0.2, -0.15) is 13.2 Å². The van der Waals surface area contributed by atoms with Crippen molar-refractivity contribution in [3.63, 3.8) is 0 Å². The number of rotatable bonds is 15. The minimum atomic E-state index is -4.84. The van der Waals surface area contributed by atoms with Gasteiger partial charge in [-0.05, 0) is 90.7 Å². The van der Waals surface area contributed by atoms with Gasteiger partial charge in [0, 0.05) is 84.3 Å². The zero-order valence-electron chi connectivity index (χ0n) is 34.0. The number of aromatic nitrogens is 2. The molecule has 3 heterocycles. The Balaban J connectivity index is 0.951. The van der Waals surface area contributed by atoms with Gasteiger partial charge < -0.3 is 15.1 Å². The van der Waals surface area contributed by atoms with Crippen molar-refractivity contribution in [3.05, 3.63) is 138 Å². The molecule has 0 amide bonds. The number of nitrogens with zero attached hydrogens (tertiary/aromatic N) is 6. The van der Waals surface area contributed by atoms with Crippen molar-refractivity contribution < 1.29 is 21.6 Å². The number of sulfonamides is 1. The summed E-state index contributed by atoms with van der Waals surface area (Å²) in [5.74, 6) is 1.38. The molecule has 1 saturated heterocycles. The van der Waals surface area contributed by atoms with E-state index in [4.69, 9.17) is 11.6 Å². The fourth-order valence-electron chi connectivity index (χ4n) is 7.85. The number of piperazine rings is 1. The van der Waals surface area contributed by atoms with Crippen LogP contribution in [0.4, 0.5) is 30.4 Å². The molecule has 1 unspecified atom stereocenters. The summed E-state index contributed by atoms with van der Waals surface area (Å²) in [6.07, 6.45) is -3.04. The molecule has 16 heteroatoms. The van der Waals surface area contributed by atoms with Gasteiger partial charge in [-0.25, -0.2) is 18.4 Å². The topological polar surface area (TPSA) is 106 Å². The van der Waals surface area contributed by atoms with E-state index in [0.29, 0.717) is 47.3 Å². The average molecular weight is 900 g/mol. The zero-order valence-corrected chi connectivity index (χ0v) is 36.4. The fraction of sp³-hybridized carbons (Fsp3) is 0.283. The standard InChI is InChI=1S/C46H46ClF3N8O2S2/c1-32-51-20-22-57(32)21-19-36(30-61-38-8-3-2-4-9-38)54-43-18-16-39(28-42(43)46(48,49)50)62(59,60)55-45-41-17-15-37(27-44(41)52-31-53-45)58-25-23-56(24-26-58)29-34-7-5-6-10-40(34)33-11-13-35(47)14-12-33/h2-18,27-28,31,36,54H,19-26,29-30H2,1H3,(H,52,53,55). The number of anilines is 3. The number of benzene rings is 5. The second-order valence-corrected chi connectivity index (χ2v) is 18.5. The van der Waals surface area contributed by atoms with Crippen LogP contribution < -0.4 is 14.9 Å². The minimum absolute atomic E-state index is 0.0276. The first-order valence-corrected chi connectivity index (χ1v) is 23.2. The Labute approximate surface area is 369 Å². The van der Waals surface area contributed by atoms with Gasteiger partial charge in [0.05, 0.1) is 28.4 Å². The molecule has 0 bridgehead atoms. The van der Waals surface area contributed by atoms with E-state index >= 15 is 0 Å². The normalized spacial score (nSPS) is 15.5. The van der Waals surface area contributed by atoms with Crippen LogP contribution in [0.1, 0.15) is 24.5 Å². The van der Waals surface area contributed by atoms with E-state index in [1.165, 1.54) is 29.6 Å². The smallest absolute Gasteiger partial charge is 0.381 e. The van der Waals surface area contributed by atoms with Gasteiger partial charge in [0.25, 0.3) is 10.0 Å². The SMILES string of the molecule is CC1=NCCN1CCC(CSc1ccccc1)Nc1ccc(S(=O)(=O)Nc2ncnc3cc(N4CCN(Cc5ccccc5-c5ccc(Cl)cc5)CC4)ccc23)cc1C(F)(F)F. The van der Waals surface area contributed by atoms with E-state index in [0.717, 1.165) is 61.3 Å². The predicted octanol–water partition coefficient (Wildman–Crippen LogP) is 9.79. The van der Waals surface area contributed by atoms with E-state index < -0.39 is 26.7 Å². The molecule has 1 fully saturated rings. The number of aliphatic imine (C=N–C) groups is 1. The van der Waals surface area contributed by atoms with Gasteiger partial charge in [0.1, 0.15) is 6.33 Å². The van der Waals surface area contributed by atoms with Crippen LogP contribution in [0, 0.1) is 0 Å². The van der Waals surface area contributed by atoms with Gasteiger partial charge in [0.2, 0.25) is 0 Å². The van der Waals surface area contributed by atoms with E-state index in [1.807, 2.05) is 79.7 Å². The Morgan fingerprint density at radius 1 is 0.855 bits per heavy atom. The summed E-state index contributed by atoms with van der Waals surface area (Å²) in [6, 6.07) is 34.2. The summed E-state index contributed by atoms with van der Waals surface area (Å²) in [4.78, 5) is 20.3. The second kappa shape index (κ2) is 19.0. The predicted molar refractivity (Wildman–Crippen MR) is 245 cm³/mol. The molecule has 10 nitrogen and oxygen atoms in total. The fourth-order valence-corrected chi connectivity index (χ4v) is 10.0. The Bertz CT molecular complexity index is 2650. The monoisotopic (exact) mass is 898 g/mol. The van der Waals surface area contributed by atoms with Gasteiger partial charge in [-0.3, -0.25) is 14.6 Å². The lowest BCUT2D eigenvalue weighted by atomic mass is 9.99. The summed E-state index contributed by atoms with van der Waals surface area (Å²) in [5.41, 5.74) is 3.69. The average Bonchev–Trinajstić information content (AvgIpc) is 3.69. The number of amidine groups is 1. The van der Waals surface area contributed by atoms with Crippen molar-refractivity contribution in [2.45, 2.75) is 41.9 Å². The van der Waals surface area contributed by atoms with Gasteiger partial charge in [-0.1, -0.05) is 66.2 Å². The molecule has 0 aliphatic carbocycles. The van der Waals surface area contributed by atoms with Crippen LogP contribution in [0.15, 0.2) is 136 Å². The molecule has 1 aromatic heterocycles. The summed E-state index contributed by atoms with van der Waals surface area (Å²) in [7, 11) is -4.51. The molecule has 2 N–H and O–H groups in total. The minimum Gasteiger partial charge on any atom is -0.381 e. The lowest BCUT2D eigenvalue weighted by molar-refractivity contribution is -0.137. The number of alkyl halides is 3. The molecule has 8 rings (SSSR count). The van der Waals surface area contributed by atoms with Gasteiger partial charge in [-0.15, -0.1) is 11.8 Å². The maximum Gasteiger partial charge on any atom is 0.418 e. The van der Waals surface area contributed by atoms with E-state index in [9.17, 15) is 21.6 Å². The van der Waals surface area contributed by atoms with Crippen LogP contribution in [0.5, 0.6) is 0 Å². The Morgan fingerprint density at radius 2 is 1.61 bits per heavy atom. The van der Waals surface area contributed by atoms with Crippen molar-refractivity contribution in [1.82, 2.24) is 19.8 Å². The van der Waals surface area contributed by atoms with Crippen LogP contribution >= 0.6 is 23.4 Å². The Morgan fingerprint density at radius 3 is 2.35 bits per heavy atom. The Kier molecular flexibility index (Phi) is 13.2. The van der Waals surface area contributed by atoms with Crippen LogP contribution in [-0.4, -0.2) is 91.6 Å². The van der Waals surface area contributed by atoms with Crippen molar-refractivity contribution in [2.24, 2.45) is 4.99 Å². The van der Waals surface area contributed by atoms with E-state index in [2.05, 4.69) is 57.9 Å². The van der Waals surface area contributed by atoms with Gasteiger partial charge in [0.15, 0.2) is 5.82 Å². The molecule has 0 radical (unpaired) electrons. The molecule has 5 aromatic carbocycles. The maximum atomic E-state index is 14.7. The van der Waals surface area contributed by atoms with Crippen LogP contribution in [0.25, 0.3) is 22.0 Å². The first kappa shape index (κ1) is 43.3. The lowest BCUT2D eigenvalue weighted by Gasteiger charge is -2.36. The number of halogens is 4. The maximum absolute atomic E-state index is 14.7. The molecular weight excluding hydrogens is 853 g/mol. The highest BCUT2D eigenvalue weighted by molar-refractivity contribution is 7.99. The Hall–Kier alpha value is -5.35. The summed E-state index contributed by atoms with van der Waals surface area (Å²) < 4.78 is 74.2. The van der Waals surface area contributed by atoms with Crippen molar-refractivity contribution in [1.29, 1.82) is 0 Å². The summed E-state index contributed by atoms with van der Waals surface area (Å²) in [5, 5.41) is 4.24. The third kappa shape index (κ3) is 10.5. The number of hydrogen-bond acceptors (Lipinski definition) is 10. The molecule has 0 saturated carbocycles. The van der Waals surface area contributed by atoms with Crippen molar-refractivity contribution >= 4 is 67.3 Å².